The molecule has 5 heteroatoms. The molecule has 0 bridgehead atoms. The van der Waals surface area contributed by atoms with Crippen LogP contribution in [0.25, 0.3) is 0 Å². The van der Waals surface area contributed by atoms with Gasteiger partial charge in [-0.2, -0.15) is 0 Å². The highest BCUT2D eigenvalue weighted by molar-refractivity contribution is 6.01. The van der Waals surface area contributed by atoms with Crippen molar-refractivity contribution in [3.05, 3.63) is 0 Å². The number of piperidine rings is 1. The maximum atomic E-state index is 11.6. The molecule has 5 nitrogen and oxygen atoms in total. The van der Waals surface area contributed by atoms with E-state index < -0.39 is 0 Å². The first kappa shape index (κ1) is 11.4. The second-order valence-electron chi connectivity index (χ2n) is 4.67. The summed E-state index contributed by atoms with van der Waals surface area (Å²) in [7, 11) is 1.67. The number of likely N-dealkylation sites (N-methyl/N-ethyl adjacent to an activating group) is 1. The lowest BCUT2D eigenvalue weighted by atomic mass is 9.94. The van der Waals surface area contributed by atoms with Crippen LogP contribution in [0, 0.1) is 5.92 Å². The van der Waals surface area contributed by atoms with Crippen molar-refractivity contribution in [2.24, 2.45) is 5.92 Å². The first-order valence-electron chi connectivity index (χ1n) is 5.94. The van der Waals surface area contributed by atoms with Gasteiger partial charge in [0.15, 0.2) is 0 Å². The smallest absolute Gasteiger partial charge is 0.318 e. The van der Waals surface area contributed by atoms with Crippen LogP contribution in [-0.2, 0) is 4.79 Å². The van der Waals surface area contributed by atoms with Gasteiger partial charge in [-0.25, -0.2) is 4.79 Å². The predicted molar refractivity (Wildman–Crippen MR) is 59.9 cm³/mol. The molecule has 3 amide bonds. The van der Waals surface area contributed by atoms with Gasteiger partial charge in [-0.15, -0.1) is 0 Å². The van der Waals surface area contributed by atoms with Gasteiger partial charge in [0.1, 0.15) is 6.54 Å². The Kier molecular flexibility index (Phi) is 3.43. The Balaban J connectivity index is 1.80. The van der Waals surface area contributed by atoms with Gasteiger partial charge in [0.05, 0.1) is 0 Å². The molecule has 0 spiro atoms. The van der Waals surface area contributed by atoms with Crippen LogP contribution in [0.4, 0.5) is 4.79 Å². The van der Waals surface area contributed by atoms with Crippen molar-refractivity contribution in [3.8, 4) is 0 Å². The van der Waals surface area contributed by atoms with Crippen LogP contribution in [0.2, 0.25) is 0 Å². The molecule has 1 N–H and O–H groups in total. The second kappa shape index (κ2) is 4.82. The van der Waals surface area contributed by atoms with Crippen molar-refractivity contribution in [2.45, 2.75) is 19.3 Å². The van der Waals surface area contributed by atoms with E-state index in [0.717, 1.165) is 32.4 Å². The van der Waals surface area contributed by atoms with Crippen LogP contribution in [0.15, 0.2) is 0 Å². The third-order valence-corrected chi connectivity index (χ3v) is 3.45. The molecule has 16 heavy (non-hydrogen) atoms. The van der Waals surface area contributed by atoms with E-state index in [0.29, 0.717) is 12.5 Å². The van der Waals surface area contributed by atoms with E-state index >= 15 is 0 Å². The van der Waals surface area contributed by atoms with Gasteiger partial charge >= 0.3 is 6.03 Å². The van der Waals surface area contributed by atoms with E-state index in [1.165, 1.54) is 9.80 Å². The molecule has 2 aliphatic rings. The summed E-state index contributed by atoms with van der Waals surface area (Å²) < 4.78 is 0. The Bertz CT molecular complexity index is 287. The topological polar surface area (TPSA) is 52.7 Å². The maximum Gasteiger partial charge on any atom is 0.326 e. The van der Waals surface area contributed by atoms with Crippen molar-refractivity contribution >= 4 is 11.9 Å². The summed E-state index contributed by atoms with van der Waals surface area (Å²) in [6, 6.07) is -0.140. The van der Waals surface area contributed by atoms with Crippen LogP contribution in [0.3, 0.4) is 0 Å². The second-order valence-corrected chi connectivity index (χ2v) is 4.67. The number of hydrogen-bond acceptors (Lipinski definition) is 3. The van der Waals surface area contributed by atoms with E-state index in [1.807, 2.05) is 0 Å². The lowest BCUT2D eigenvalue weighted by molar-refractivity contribution is -0.125. The highest BCUT2D eigenvalue weighted by atomic mass is 16.2. The van der Waals surface area contributed by atoms with Gasteiger partial charge in [0.2, 0.25) is 5.91 Å². The summed E-state index contributed by atoms with van der Waals surface area (Å²) in [6.07, 6.45) is 3.27. The van der Waals surface area contributed by atoms with E-state index in [4.69, 9.17) is 0 Å². The van der Waals surface area contributed by atoms with Gasteiger partial charge in [0.25, 0.3) is 0 Å². The monoisotopic (exact) mass is 225 g/mol. The number of urea groups is 1. The first-order chi connectivity index (χ1) is 7.68. The van der Waals surface area contributed by atoms with Crippen molar-refractivity contribution in [1.82, 2.24) is 15.1 Å². The number of nitrogens with one attached hydrogen (secondary N) is 1. The Labute approximate surface area is 95.8 Å². The fourth-order valence-corrected chi connectivity index (χ4v) is 2.37. The summed E-state index contributed by atoms with van der Waals surface area (Å²) in [4.78, 5) is 26.0. The number of nitrogens with zero attached hydrogens (tertiary/aromatic N) is 2. The van der Waals surface area contributed by atoms with Gasteiger partial charge in [0, 0.05) is 13.6 Å². The van der Waals surface area contributed by atoms with Gasteiger partial charge in [-0.3, -0.25) is 9.69 Å². The molecule has 0 aliphatic carbocycles. The van der Waals surface area contributed by atoms with Crippen molar-refractivity contribution in [2.75, 3.05) is 33.2 Å². The lowest BCUT2D eigenvalue weighted by Crippen LogP contribution is -2.35. The lowest BCUT2D eigenvalue weighted by Gasteiger charge is -2.24. The summed E-state index contributed by atoms with van der Waals surface area (Å²) in [5, 5.41) is 3.31. The molecule has 0 radical (unpaired) electrons. The normalized spacial score (nSPS) is 23.3. The third-order valence-electron chi connectivity index (χ3n) is 3.45. The molecule has 2 aliphatic heterocycles. The first-order valence-corrected chi connectivity index (χ1v) is 5.94. The Hall–Kier alpha value is -1.10. The van der Waals surface area contributed by atoms with Crippen molar-refractivity contribution in [3.63, 3.8) is 0 Å². The fraction of sp³-hybridized carbons (Fsp3) is 0.818. The summed E-state index contributed by atoms with van der Waals surface area (Å²) in [6.45, 7) is 2.96. The zero-order valence-corrected chi connectivity index (χ0v) is 9.74. The Morgan fingerprint density at radius 1 is 1.31 bits per heavy atom. The minimum atomic E-state index is -0.140. The van der Waals surface area contributed by atoms with E-state index in [-0.39, 0.29) is 18.5 Å². The molecule has 90 valence electrons. The van der Waals surface area contributed by atoms with Crippen LogP contribution >= 0.6 is 0 Å². The van der Waals surface area contributed by atoms with Crippen molar-refractivity contribution in [1.29, 1.82) is 0 Å². The van der Waals surface area contributed by atoms with Crippen molar-refractivity contribution < 1.29 is 9.59 Å². The summed E-state index contributed by atoms with van der Waals surface area (Å²) in [5.74, 6) is 0.606. The summed E-state index contributed by atoms with van der Waals surface area (Å²) >= 11 is 0. The van der Waals surface area contributed by atoms with Crippen LogP contribution in [0.1, 0.15) is 19.3 Å². The van der Waals surface area contributed by atoms with Gasteiger partial charge in [-0.1, -0.05) is 0 Å². The molecule has 2 fully saturated rings. The highest BCUT2D eigenvalue weighted by Gasteiger charge is 2.33. The molecule has 0 saturated carbocycles. The number of imide groups is 1. The molecule has 2 saturated heterocycles. The largest absolute Gasteiger partial charge is 0.326 e. The van der Waals surface area contributed by atoms with E-state index in [2.05, 4.69) is 5.32 Å². The number of hydrogen-bond donors (Lipinski definition) is 1. The molecule has 2 heterocycles. The van der Waals surface area contributed by atoms with Crippen LogP contribution < -0.4 is 5.32 Å². The van der Waals surface area contributed by atoms with Crippen LogP contribution in [0.5, 0.6) is 0 Å². The van der Waals surface area contributed by atoms with Gasteiger partial charge < -0.3 is 10.2 Å². The maximum absolute atomic E-state index is 11.6. The number of carbonyl (C=O) groups excluding carboxylic acids is 2. The number of carbonyl (C=O) groups is 2. The van der Waals surface area contributed by atoms with Gasteiger partial charge in [-0.05, 0) is 38.3 Å². The molecular formula is C11H19N3O2. The molecule has 0 aromatic rings. The Morgan fingerprint density at radius 2 is 2.00 bits per heavy atom. The SMILES string of the molecule is CN1CC(=O)N(CCC2CCNCC2)C1=O. The number of amides is 3. The standard InChI is InChI=1S/C11H19N3O2/c1-13-8-10(15)14(11(13)16)7-4-9-2-5-12-6-3-9/h9,12H,2-8H2,1H3. The molecule has 2 rings (SSSR count). The third kappa shape index (κ3) is 2.35. The molecule has 0 aromatic carbocycles. The average molecular weight is 225 g/mol. The zero-order valence-electron chi connectivity index (χ0n) is 9.74. The molecular weight excluding hydrogens is 206 g/mol. The average Bonchev–Trinajstić information content (AvgIpc) is 2.53. The molecule has 0 unspecified atom stereocenters. The number of rotatable bonds is 3. The van der Waals surface area contributed by atoms with Crippen LogP contribution in [-0.4, -0.2) is 55.0 Å². The summed E-state index contributed by atoms with van der Waals surface area (Å²) in [5.41, 5.74) is 0. The fourth-order valence-electron chi connectivity index (χ4n) is 2.37. The Morgan fingerprint density at radius 3 is 2.56 bits per heavy atom. The molecule has 0 aromatic heterocycles. The predicted octanol–water partition coefficient (Wildman–Crippen LogP) is 0.270. The minimum absolute atomic E-state index is 0.0542. The van der Waals surface area contributed by atoms with E-state index in [9.17, 15) is 9.59 Å². The highest BCUT2D eigenvalue weighted by Crippen LogP contribution is 2.18. The molecule has 0 atom stereocenters. The quantitative estimate of drug-likeness (QED) is 0.701. The zero-order chi connectivity index (χ0) is 11.5. The van der Waals surface area contributed by atoms with E-state index in [1.54, 1.807) is 7.05 Å². The minimum Gasteiger partial charge on any atom is -0.318 e.